The number of carbonyl (C=O) groups excluding carboxylic acids is 2. The molecule has 47 heavy (non-hydrogen) atoms. The molecule has 10 atom stereocenters. The second kappa shape index (κ2) is 14.0. The van der Waals surface area contributed by atoms with Gasteiger partial charge >= 0.3 is 11.9 Å². The number of halogens is 1. The highest BCUT2D eigenvalue weighted by molar-refractivity contribution is 6.31. The van der Waals surface area contributed by atoms with Crippen molar-refractivity contribution >= 4 is 29.3 Å². The number of rotatable bonds is 9. The predicted molar refractivity (Wildman–Crippen MR) is 179 cm³/mol. The zero-order valence-corrected chi connectivity index (χ0v) is 29.2. The van der Waals surface area contributed by atoms with Gasteiger partial charge in [0.25, 0.3) is 0 Å². The van der Waals surface area contributed by atoms with Gasteiger partial charge in [0.15, 0.2) is 6.29 Å². The van der Waals surface area contributed by atoms with E-state index in [1.807, 2.05) is 30.3 Å². The molecule has 4 aliphatic carbocycles. The second-order valence-corrected chi connectivity index (χ2v) is 15.2. The Morgan fingerprint density at radius 3 is 2.57 bits per heavy atom. The quantitative estimate of drug-likeness (QED) is 0.114. The molecule has 0 N–H and O–H groups in total. The van der Waals surface area contributed by atoms with Gasteiger partial charge in [-0.15, -0.1) is 0 Å². The number of hydrogen-bond donors (Lipinski definition) is 0. The van der Waals surface area contributed by atoms with Gasteiger partial charge in [-0.05, 0) is 105 Å². The lowest BCUT2D eigenvalue weighted by Gasteiger charge is -2.58. The SMILES string of the molecule is CC(=O)OC[C@H]1OC(OC2CC[C@@]3(C)C(=CCC4C3CC[C@@]3(C)C4CC[C@@H]3/C(C)=N/OCc3ccccc3Cl)C2)C=C[C@@H]1OC(C)=O. The number of allylic oxidation sites excluding steroid dienone is 1. The molecule has 1 aromatic rings. The smallest absolute Gasteiger partial charge is 0.303 e. The normalized spacial score (nSPS) is 38.0. The maximum atomic E-state index is 11.6. The molecule has 3 fully saturated rings. The van der Waals surface area contributed by atoms with E-state index in [4.69, 9.17) is 35.4 Å². The maximum Gasteiger partial charge on any atom is 0.303 e. The van der Waals surface area contributed by atoms with Crippen LogP contribution in [0.25, 0.3) is 0 Å². The lowest BCUT2D eigenvalue weighted by Crippen LogP contribution is -2.51. The Kier molecular flexibility index (Phi) is 10.2. The molecule has 0 aromatic heterocycles. The second-order valence-electron chi connectivity index (χ2n) is 14.8. The zero-order chi connectivity index (χ0) is 33.3. The van der Waals surface area contributed by atoms with Crippen molar-refractivity contribution in [2.24, 2.45) is 39.7 Å². The van der Waals surface area contributed by atoms with E-state index in [2.05, 4.69) is 32.0 Å². The van der Waals surface area contributed by atoms with Gasteiger partial charge in [0, 0.05) is 30.4 Å². The van der Waals surface area contributed by atoms with Crippen molar-refractivity contribution in [2.75, 3.05) is 6.61 Å². The van der Waals surface area contributed by atoms with Gasteiger partial charge in [-0.25, -0.2) is 0 Å². The summed E-state index contributed by atoms with van der Waals surface area (Å²) < 4.78 is 23.2. The molecule has 5 aliphatic rings. The van der Waals surface area contributed by atoms with Crippen LogP contribution in [0.2, 0.25) is 5.02 Å². The van der Waals surface area contributed by atoms with Gasteiger partial charge in [0.2, 0.25) is 0 Å². The summed E-state index contributed by atoms with van der Waals surface area (Å²) in [5.74, 6) is 1.67. The minimum Gasteiger partial charge on any atom is -0.463 e. The monoisotopic (exact) mass is 667 g/mol. The lowest BCUT2D eigenvalue weighted by atomic mass is 9.47. The van der Waals surface area contributed by atoms with Gasteiger partial charge in [-0.1, -0.05) is 60.5 Å². The van der Waals surface area contributed by atoms with Crippen LogP contribution in [0.4, 0.5) is 0 Å². The summed E-state index contributed by atoms with van der Waals surface area (Å²) in [6.45, 7) is 10.3. The first-order chi connectivity index (χ1) is 22.5. The van der Waals surface area contributed by atoms with Crippen LogP contribution >= 0.6 is 11.6 Å². The fourth-order valence-electron chi connectivity index (χ4n) is 9.84. The number of ether oxygens (including phenoxy) is 4. The zero-order valence-electron chi connectivity index (χ0n) is 28.4. The van der Waals surface area contributed by atoms with Crippen LogP contribution in [0.5, 0.6) is 0 Å². The number of oxime groups is 1. The van der Waals surface area contributed by atoms with E-state index in [0.717, 1.165) is 37.0 Å². The Morgan fingerprint density at radius 2 is 1.81 bits per heavy atom. The van der Waals surface area contributed by atoms with E-state index in [1.165, 1.54) is 45.1 Å². The molecule has 1 aromatic carbocycles. The highest BCUT2D eigenvalue weighted by Crippen LogP contribution is 2.66. The largest absolute Gasteiger partial charge is 0.463 e. The number of hydrogen-bond acceptors (Lipinski definition) is 8. The molecule has 256 valence electrons. The van der Waals surface area contributed by atoms with Crippen molar-refractivity contribution in [1.82, 2.24) is 0 Å². The third-order valence-corrected chi connectivity index (χ3v) is 12.5. The minimum absolute atomic E-state index is 0.00363. The van der Waals surface area contributed by atoms with E-state index in [0.29, 0.717) is 35.3 Å². The molecule has 8 nitrogen and oxygen atoms in total. The van der Waals surface area contributed by atoms with E-state index >= 15 is 0 Å². The van der Waals surface area contributed by atoms with Gasteiger partial charge < -0.3 is 23.8 Å². The fourth-order valence-corrected chi connectivity index (χ4v) is 10.0. The van der Waals surface area contributed by atoms with Gasteiger partial charge in [-0.3, -0.25) is 9.59 Å². The van der Waals surface area contributed by atoms with Crippen LogP contribution in [0.15, 0.2) is 53.2 Å². The van der Waals surface area contributed by atoms with Gasteiger partial charge in [0.05, 0.1) is 11.8 Å². The summed E-state index contributed by atoms with van der Waals surface area (Å²) in [7, 11) is 0. The Balaban J connectivity index is 1.08. The topological polar surface area (TPSA) is 92.7 Å². The van der Waals surface area contributed by atoms with Gasteiger partial charge in [-0.2, -0.15) is 0 Å². The van der Waals surface area contributed by atoms with Crippen LogP contribution < -0.4 is 0 Å². The molecular weight excluding hydrogens is 618 g/mol. The van der Waals surface area contributed by atoms with E-state index < -0.39 is 30.4 Å². The van der Waals surface area contributed by atoms with Crippen molar-refractivity contribution in [3.8, 4) is 0 Å². The van der Waals surface area contributed by atoms with E-state index in [1.54, 1.807) is 6.08 Å². The third kappa shape index (κ3) is 7.06. The summed E-state index contributed by atoms with van der Waals surface area (Å²) in [5.41, 5.74) is 4.03. The maximum absolute atomic E-state index is 11.6. The first kappa shape index (κ1) is 34.2. The van der Waals surface area contributed by atoms with Gasteiger partial charge in [0.1, 0.15) is 25.4 Å². The van der Waals surface area contributed by atoms with Crippen LogP contribution in [-0.2, 0) is 40.0 Å². The first-order valence-electron chi connectivity index (χ1n) is 17.4. The lowest BCUT2D eigenvalue weighted by molar-refractivity contribution is -0.213. The predicted octanol–water partition coefficient (Wildman–Crippen LogP) is 7.97. The number of nitrogens with zero attached hydrogens (tertiary/aromatic N) is 1. The Bertz CT molecular complexity index is 1420. The molecule has 5 unspecified atom stereocenters. The molecule has 0 amide bonds. The van der Waals surface area contributed by atoms with Crippen LogP contribution in [-0.4, -0.2) is 48.9 Å². The van der Waals surface area contributed by atoms with Crippen LogP contribution in [0.3, 0.4) is 0 Å². The standard InChI is InChI=1S/C38H50ClNO7/c1-23(40-44-21-26-8-6-7-9-33(26)39)30-12-13-31-29-11-10-27-20-28(16-18-37(27,4)32(29)17-19-38(30,31)5)46-36-15-14-34(45-25(3)42)35(47-36)22-43-24(2)41/h6-10,14-15,28-32,34-36H,11-13,16-22H2,1-5H3/b40-23+/t28?,29?,30-,31?,32?,34+,35-,36?,37+,38-/m1/s1. The summed E-state index contributed by atoms with van der Waals surface area (Å²) in [6.07, 6.45) is 13.3. The summed E-state index contributed by atoms with van der Waals surface area (Å²) in [6, 6.07) is 7.78. The molecular formula is C38H50ClNO7. The Morgan fingerprint density at radius 1 is 1.00 bits per heavy atom. The van der Waals surface area contributed by atoms with Crippen LogP contribution in [0.1, 0.15) is 91.5 Å². The summed E-state index contributed by atoms with van der Waals surface area (Å²) in [5, 5.41) is 5.34. The molecule has 1 aliphatic heterocycles. The number of carbonyl (C=O) groups is 2. The van der Waals surface area contributed by atoms with Crippen molar-refractivity contribution < 1.29 is 33.4 Å². The number of benzene rings is 1. The number of fused-ring (bicyclic) bond motifs is 5. The van der Waals surface area contributed by atoms with E-state index in [-0.39, 0.29) is 23.5 Å². The Labute approximate surface area is 284 Å². The molecule has 0 bridgehead atoms. The number of esters is 2. The molecule has 0 radical (unpaired) electrons. The fraction of sp³-hybridized carbons (Fsp3) is 0.658. The average Bonchev–Trinajstić information content (AvgIpc) is 3.39. The third-order valence-electron chi connectivity index (χ3n) is 12.2. The highest BCUT2D eigenvalue weighted by Gasteiger charge is 2.59. The first-order valence-corrected chi connectivity index (χ1v) is 17.7. The highest BCUT2D eigenvalue weighted by atomic mass is 35.5. The molecule has 1 heterocycles. The molecule has 9 heteroatoms. The van der Waals surface area contributed by atoms with Crippen molar-refractivity contribution in [1.29, 1.82) is 0 Å². The minimum atomic E-state index is -0.623. The molecule has 0 saturated heterocycles. The van der Waals surface area contributed by atoms with Crippen molar-refractivity contribution in [3.63, 3.8) is 0 Å². The van der Waals surface area contributed by atoms with Crippen molar-refractivity contribution in [2.45, 2.75) is 117 Å². The summed E-state index contributed by atoms with van der Waals surface area (Å²) >= 11 is 6.32. The molecule has 3 saturated carbocycles. The molecule has 0 spiro atoms. The van der Waals surface area contributed by atoms with Crippen LogP contribution in [0, 0.1) is 34.5 Å². The molecule has 6 rings (SSSR count). The van der Waals surface area contributed by atoms with Crippen molar-refractivity contribution in [3.05, 3.63) is 58.7 Å². The summed E-state index contributed by atoms with van der Waals surface area (Å²) in [4.78, 5) is 28.9. The average molecular weight is 668 g/mol. The Hall–Kier alpha value is -2.68. The van der Waals surface area contributed by atoms with E-state index in [9.17, 15) is 9.59 Å².